The van der Waals surface area contributed by atoms with Gasteiger partial charge >= 0.3 is 18.0 Å². The van der Waals surface area contributed by atoms with Gasteiger partial charge in [0.05, 0.1) is 11.0 Å². The molecule has 2 fully saturated rings. The van der Waals surface area contributed by atoms with Crippen molar-refractivity contribution in [2.75, 3.05) is 44.2 Å². The second-order valence-corrected chi connectivity index (χ2v) is 9.88. The lowest BCUT2D eigenvalue weighted by Gasteiger charge is -2.49. The lowest BCUT2D eigenvalue weighted by atomic mass is 9.83. The Morgan fingerprint density at radius 2 is 1.82 bits per heavy atom. The Balaban J connectivity index is 1.66. The van der Waals surface area contributed by atoms with Crippen LogP contribution in [0.2, 0.25) is 0 Å². The molecular weight excluding hydrogens is 457 g/mol. The van der Waals surface area contributed by atoms with Gasteiger partial charge < -0.3 is 19.6 Å². The van der Waals surface area contributed by atoms with Gasteiger partial charge in [-0.05, 0) is 24.3 Å². The molecule has 0 bridgehead atoms. The van der Waals surface area contributed by atoms with E-state index in [0.29, 0.717) is 38.4 Å². The third kappa shape index (κ3) is 6.22. The summed E-state index contributed by atoms with van der Waals surface area (Å²) in [6.45, 7) is 7.49. The van der Waals surface area contributed by atoms with E-state index in [1.54, 1.807) is 0 Å². The van der Waals surface area contributed by atoms with Gasteiger partial charge in [0.25, 0.3) is 0 Å². The van der Waals surface area contributed by atoms with Crippen LogP contribution in [-0.4, -0.2) is 83.5 Å². The molecule has 2 heterocycles. The van der Waals surface area contributed by atoms with Gasteiger partial charge in [0.1, 0.15) is 0 Å². The molecule has 1 atom stereocenters. The maximum atomic E-state index is 12.6. The molecule has 2 saturated heterocycles. The summed E-state index contributed by atoms with van der Waals surface area (Å²) in [6.07, 6.45) is -3.92. The zero-order chi connectivity index (χ0) is 25.3. The van der Waals surface area contributed by atoms with E-state index in [2.05, 4.69) is 4.90 Å². The van der Waals surface area contributed by atoms with Gasteiger partial charge in [-0.2, -0.15) is 13.2 Å². The van der Waals surface area contributed by atoms with Crippen LogP contribution in [0, 0.1) is 15.5 Å². The fourth-order valence-electron chi connectivity index (χ4n) is 4.72. The molecular formula is C22H31F3N4O5. The topological polar surface area (TPSA) is 99.4 Å². The molecule has 1 aromatic rings. The lowest BCUT2D eigenvalue weighted by molar-refractivity contribution is -0.386. The molecule has 1 amide bonds. The molecule has 0 aliphatic carbocycles. The van der Waals surface area contributed by atoms with Crippen LogP contribution in [0.4, 0.5) is 29.3 Å². The van der Waals surface area contributed by atoms with E-state index >= 15 is 0 Å². The Hall–Kier alpha value is -2.76. The van der Waals surface area contributed by atoms with Crippen LogP contribution in [0.5, 0.6) is 5.75 Å². The number of nitro groups is 1. The second kappa shape index (κ2) is 9.85. The van der Waals surface area contributed by atoms with Crippen molar-refractivity contribution in [2.45, 2.75) is 51.9 Å². The number of anilines is 1. The molecule has 2 aliphatic rings. The zero-order valence-electron chi connectivity index (χ0n) is 19.5. The number of carbonyl (C=O) groups is 1. The van der Waals surface area contributed by atoms with Crippen molar-refractivity contribution in [3.05, 3.63) is 28.3 Å². The van der Waals surface area contributed by atoms with Crippen molar-refractivity contribution in [3.8, 4) is 5.75 Å². The summed E-state index contributed by atoms with van der Waals surface area (Å²) in [7, 11) is 0. The summed E-state index contributed by atoms with van der Waals surface area (Å²) < 4.78 is 42.4. The highest BCUT2D eigenvalue weighted by Gasteiger charge is 2.40. The summed E-state index contributed by atoms with van der Waals surface area (Å²) in [5, 5.41) is 20.8. The number of rotatable bonds is 5. The monoisotopic (exact) mass is 488 g/mol. The summed E-state index contributed by atoms with van der Waals surface area (Å²) in [4.78, 5) is 27.9. The lowest BCUT2D eigenvalue weighted by Crippen LogP contribution is -2.62. The van der Waals surface area contributed by atoms with Gasteiger partial charge in [0.15, 0.2) is 12.4 Å². The molecule has 0 spiro atoms. The molecule has 0 radical (unpaired) electrons. The number of amides is 1. The summed E-state index contributed by atoms with van der Waals surface area (Å²) in [5.41, 5.74) is -0.138. The number of halogens is 3. The fraction of sp³-hybridized carbons (Fsp3) is 0.682. The minimum absolute atomic E-state index is 0.125. The third-order valence-corrected chi connectivity index (χ3v) is 6.53. The smallest absolute Gasteiger partial charge is 0.422 e. The minimum Gasteiger partial charge on any atom is -0.477 e. The molecule has 1 unspecified atom stereocenters. The Morgan fingerprint density at radius 1 is 1.18 bits per heavy atom. The summed E-state index contributed by atoms with van der Waals surface area (Å²) in [5.74, 6) is -0.403. The third-order valence-electron chi connectivity index (χ3n) is 6.53. The van der Waals surface area contributed by atoms with Crippen molar-refractivity contribution in [1.29, 1.82) is 0 Å². The van der Waals surface area contributed by atoms with Crippen LogP contribution in [0.1, 0.15) is 33.6 Å². The predicted octanol–water partition coefficient (Wildman–Crippen LogP) is 4.22. The Bertz CT molecular complexity index is 898. The summed E-state index contributed by atoms with van der Waals surface area (Å²) in [6, 6.07) is 4.13. The SMILES string of the molecule is CC(C)(C)C1CN(C2CCN(c3ccc([N+](=O)[O-])c(OCC(F)(F)F)c3)CC2)CCN1C(=O)O. The van der Waals surface area contributed by atoms with E-state index in [4.69, 9.17) is 4.74 Å². The van der Waals surface area contributed by atoms with E-state index < -0.39 is 35.2 Å². The predicted molar refractivity (Wildman–Crippen MR) is 119 cm³/mol. The van der Waals surface area contributed by atoms with Gasteiger partial charge in [0, 0.05) is 56.6 Å². The fourth-order valence-corrected chi connectivity index (χ4v) is 4.72. The molecule has 9 nitrogen and oxygen atoms in total. The van der Waals surface area contributed by atoms with Crippen molar-refractivity contribution >= 4 is 17.5 Å². The number of benzene rings is 1. The minimum atomic E-state index is -4.60. The molecule has 190 valence electrons. The van der Waals surface area contributed by atoms with Gasteiger partial charge in [-0.15, -0.1) is 0 Å². The van der Waals surface area contributed by atoms with E-state index in [9.17, 15) is 33.2 Å². The number of hydrogen-bond acceptors (Lipinski definition) is 6. The number of alkyl halides is 3. The van der Waals surface area contributed by atoms with Crippen LogP contribution < -0.4 is 9.64 Å². The van der Waals surface area contributed by atoms with Crippen molar-refractivity contribution in [2.24, 2.45) is 5.41 Å². The van der Waals surface area contributed by atoms with Crippen molar-refractivity contribution in [1.82, 2.24) is 9.80 Å². The molecule has 1 N–H and O–H groups in total. The first-order valence-electron chi connectivity index (χ1n) is 11.2. The number of nitrogens with zero attached hydrogens (tertiary/aromatic N) is 4. The van der Waals surface area contributed by atoms with Gasteiger partial charge in [-0.1, -0.05) is 20.8 Å². The zero-order valence-corrected chi connectivity index (χ0v) is 19.5. The highest BCUT2D eigenvalue weighted by molar-refractivity contribution is 5.65. The van der Waals surface area contributed by atoms with Gasteiger partial charge in [0.2, 0.25) is 0 Å². The Kier molecular flexibility index (Phi) is 7.49. The second-order valence-electron chi connectivity index (χ2n) is 9.88. The van der Waals surface area contributed by atoms with Crippen LogP contribution in [0.25, 0.3) is 0 Å². The standard InChI is InChI=1S/C22H31F3N4O5/c1-21(2,3)19-13-27(10-11-28(19)20(30)31)15-6-8-26(9-7-15)16-4-5-17(29(32)33)18(12-16)34-14-22(23,24)25/h4-5,12,15,19H,6-11,13-14H2,1-3H3,(H,30,31). The first-order chi connectivity index (χ1) is 15.8. The largest absolute Gasteiger partial charge is 0.477 e. The Morgan fingerprint density at radius 3 is 2.35 bits per heavy atom. The highest BCUT2D eigenvalue weighted by Crippen LogP contribution is 2.35. The molecule has 12 heteroatoms. The molecule has 0 saturated carbocycles. The van der Waals surface area contributed by atoms with Gasteiger partial charge in [-0.3, -0.25) is 15.0 Å². The highest BCUT2D eigenvalue weighted by atomic mass is 19.4. The van der Waals surface area contributed by atoms with E-state index in [1.165, 1.54) is 23.1 Å². The number of nitro benzene ring substituents is 1. The Labute approximate surface area is 196 Å². The van der Waals surface area contributed by atoms with E-state index in [1.807, 2.05) is 25.7 Å². The summed E-state index contributed by atoms with van der Waals surface area (Å²) >= 11 is 0. The van der Waals surface area contributed by atoms with Crippen LogP contribution in [0.3, 0.4) is 0 Å². The number of hydrogen-bond donors (Lipinski definition) is 1. The maximum absolute atomic E-state index is 12.6. The molecule has 34 heavy (non-hydrogen) atoms. The van der Waals surface area contributed by atoms with Crippen LogP contribution in [0.15, 0.2) is 18.2 Å². The molecule has 3 rings (SSSR count). The van der Waals surface area contributed by atoms with Crippen LogP contribution in [-0.2, 0) is 0 Å². The molecule has 2 aliphatic heterocycles. The van der Waals surface area contributed by atoms with Gasteiger partial charge in [-0.25, -0.2) is 4.79 Å². The normalized spacial score (nSPS) is 20.9. The molecule has 0 aromatic heterocycles. The number of carboxylic acid groups (broad SMARTS) is 1. The first kappa shape index (κ1) is 25.9. The number of piperidine rings is 1. The number of ether oxygens (including phenoxy) is 1. The quantitative estimate of drug-likeness (QED) is 0.490. The average Bonchev–Trinajstić information content (AvgIpc) is 2.76. The first-order valence-corrected chi connectivity index (χ1v) is 11.2. The maximum Gasteiger partial charge on any atom is 0.422 e. The van der Waals surface area contributed by atoms with Crippen molar-refractivity contribution in [3.63, 3.8) is 0 Å². The number of piperazine rings is 1. The van der Waals surface area contributed by atoms with Crippen LogP contribution >= 0.6 is 0 Å². The van der Waals surface area contributed by atoms with E-state index in [0.717, 1.165) is 12.8 Å². The van der Waals surface area contributed by atoms with E-state index in [-0.39, 0.29) is 17.5 Å². The molecule has 1 aromatic carbocycles. The average molecular weight is 489 g/mol. The van der Waals surface area contributed by atoms with Crippen molar-refractivity contribution < 1.29 is 32.7 Å².